The van der Waals surface area contributed by atoms with E-state index in [4.69, 9.17) is 0 Å². The van der Waals surface area contributed by atoms with E-state index in [1.165, 1.54) is 41.5 Å². The molecule has 0 aliphatic heterocycles. The van der Waals surface area contributed by atoms with Gasteiger partial charge in [0.25, 0.3) is 0 Å². The Bertz CT molecular complexity index is 593. The normalized spacial score (nSPS) is 14.7. The number of hydrogen-bond donors (Lipinski definition) is 1. The molecule has 0 aromatic rings. The van der Waals surface area contributed by atoms with Crippen molar-refractivity contribution in [3.8, 4) is 0 Å². The topological polar surface area (TPSA) is 118 Å². The molecular formula is C9H22N2O6S3. The molecule has 20 heavy (non-hydrogen) atoms. The van der Waals surface area contributed by atoms with Gasteiger partial charge in [-0.2, -0.15) is 0 Å². The number of nitrogens with one attached hydrogen (secondary N) is 1. The van der Waals surface area contributed by atoms with E-state index < -0.39 is 45.8 Å². The molecule has 0 aliphatic carbocycles. The van der Waals surface area contributed by atoms with E-state index in [9.17, 15) is 25.3 Å². The zero-order chi connectivity index (χ0) is 16.5. The highest BCUT2D eigenvalue weighted by atomic mass is 32.3. The molecule has 0 heterocycles. The molecule has 122 valence electrons. The number of hydrogen-bond acceptors (Lipinski definition) is 6. The second-order valence-corrected chi connectivity index (χ2v) is 12.2. The van der Waals surface area contributed by atoms with Crippen LogP contribution in [0.2, 0.25) is 0 Å². The van der Waals surface area contributed by atoms with Gasteiger partial charge < -0.3 is 0 Å². The monoisotopic (exact) mass is 350 g/mol. The summed E-state index contributed by atoms with van der Waals surface area (Å²) in [4.78, 5) is 1.67. The van der Waals surface area contributed by atoms with Gasteiger partial charge in [-0.05, 0) is 45.4 Å². The minimum Gasteiger partial charge on any atom is -0.211 e. The fourth-order valence-electron chi connectivity index (χ4n) is 0.841. The first-order valence-corrected chi connectivity index (χ1v) is 10.5. The molecular weight excluding hydrogens is 328 g/mol. The van der Waals surface area contributed by atoms with Crippen LogP contribution in [0.15, 0.2) is 0 Å². The second kappa shape index (κ2) is 6.26. The van der Waals surface area contributed by atoms with Crippen molar-refractivity contribution in [1.82, 2.24) is 8.65 Å². The molecule has 0 saturated carbocycles. The molecule has 1 N–H and O–H groups in total. The molecule has 11 heteroatoms. The lowest BCUT2D eigenvalue weighted by Gasteiger charge is -2.26. The summed E-state index contributed by atoms with van der Waals surface area (Å²) in [5.74, 6) is 0. The summed E-state index contributed by atoms with van der Waals surface area (Å²) in [6, 6.07) is 0. The van der Waals surface area contributed by atoms with Gasteiger partial charge in [-0.1, -0.05) is 0 Å². The SMILES string of the molecule is CC(C)S(=O)(=O)NN(S(=O)(=O)C(C)C)S(=O)(=O)C(C)C. The summed E-state index contributed by atoms with van der Waals surface area (Å²) in [6.07, 6.45) is 0. The van der Waals surface area contributed by atoms with Crippen molar-refractivity contribution in [2.24, 2.45) is 0 Å². The Hall–Kier alpha value is -0.230. The van der Waals surface area contributed by atoms with E-state index in [-0.39, 0.29) is 3.82 Å². The molecule has 0 atom stereocenters. The predicted molar refractivity (Wildman–Crippen MR) is 77.1 cm³/mol. The number of sulfonamides is 3. The molecule has 0 rings (SSSR count). The average Bonchev–Trinajstić information content (AvgIpc) is 2.24. The third kappa shape index (κ3) is 4.13. The van der Waals surface area contributed by atoms with E-state index in [0.717, 1.165) is 0 Å². The zero-order valence-corrected chi connectivity index (χ0v) is 14.8. The van der Waals surface area contributed by atoms with Gasteiger partial charge in [-0.25, -0.2) is 25.3 Å². The van der Waals surface area contributed by atoms with Crippen molar-refractivity contribution in [3.05, 3.63) is 0 Å². The Labute approximate surface area is 121 Å². The molecule has 0 saturated heterocycles. The maximum Gasteiger partial charge on any atom is 0.243 e. The molecule has 0 aliphatic rings. The lowest BCUT2D eigenvalue weighted by atomic mass is 10.6. The third-order valence-corrected chi connectivity index (χ3v) is 9.12. The van der Waals surface area contributed by atoms with Crippen LogP contribution in [0.1, 0.15) is 41.5 Å². The predicted octanol–water partition coefficient (Wildman–Crippen LogP) is 0.00760. The maximum atomic E-state index is 12.1. The summed E-state index contributed by atoms with van der Waals surface area (Å²) in [6.45, 7) is 7.68. The fraction of sp³-hybridized carbons (Fsp3) is 1.00. The largest absolute Gasteiger partial charge is 0.243 e. The summed E-state index contributed by atoms with van der Waals surface area (Å²) in [5.41, 5.74) is 0. The zero-order valence-electron chi connectivity index (χ0n) is 12.4. The summed E-state index contributed by atoms with van der Waals surface area (Å²) in [5, 5.41) is -3.16. The molecule has 0 aromatic heterocycles. The minimum atomic E-state index is -4.35. The maximum absolute atomic E-state index is 12.1. The smallest absolute Gasteiger partial charge is 0.211 e. The Kier molecular flexibility index (Phi) is 6.19. The van der Waals surface area contributed by atoms with Crippen LogP contribution in [0.5, 0.6) is 0 Å². The van der Waals surface area contributed by atoms with Crippen molar-refractivity contribution in [3.63, 3.8) is 0 Å². The van der Waals surface area contributed by atoms with Crippen molar-refractivity contribution >= 4 is 30.1 Å². The standard InChI is InChI=1S/C9H22N2O6S3/c1-7(2)18(12,13)10-11(19(14,15)8(3)4)20(16,17)9(5)6/h7-10H,1-6H3. The lowest BCUT2D eigenvalue weighted by molar-refractivity contribution is 0.457. The van der Waals surface area contributed by atoms with Crippen LogP contribution in [0.25, 0.3) is 0 Å². The highest BCUT2D eigenvalue weighted by Crippen LogP contribution is 2.17. The van der Waals surface area contributed by atoms with Crippen molar-refractivity contribution in [2.75, 3.05) is 0 Å². The van der Waals surface area contributed by atoms with Gasteiger partial charge in [-0.3, -0.25) is 0 Å². The molecule has 8 nitrogen and oxygen atoms in total. The Morgan fingerprint density at radius 3 is 1.15 bits per heavy atom. The van der Waals surface area contributed by atoms with Crippen molar-refractivity contribution in [1.29, 1.82) is 0 Å². The van der Waals surface area contributed by atoms with Crippen LogP contribution in [0, 0.1) is 0 Å². The lowest BCUT2D eigenvalue weighted by Crippen LogP contribution is -2.55. The van der Waals surface area contributed by atoms with E-state index >= 15 is 0 Å². The van der Waals surface area contributed by atoms with Gasteiger partial charge in [0.05, 0.1) is 15.7 Å². The Morgan fingerprint density at radius 1 is 0.650 bits per heavy atom. The Morgan fingerprint density at radius 2 is 0.950 bits per heavy atom. The molecule has 0 bridgehead atoms. The summed E-state index contributed by atoms with van der Waals surface area (Å²) < 4.78 is 71.9. The quantitative estimate of drug-likeness (QED) is 0.646. The summed E-state index contributed by atoms with van der Waals surface area (Å²) >= 11 is 0. The first-order chi connectivity index (χ1) is 8.67. The van der Waals surface area contributed by atoms with Gasteiger partial charge in [0, 0.05) is 0 Å². The summed E-state index contributed by atoms with van der Waals surface area (Å²) in [7, 11) is -12.8. The number of rotatable bonds is 7. The second-order valence-electron chi connectivity index (χ2n) is 5.07. The highest BCUT2D eigenvalue weighted by molar-refractivity contribution is 8.05. The van der Waals surface area contributed by atoms with Gasteiger partial charge in [0.1, 0.15) is 0 Å². The highest BCUT2D eigenvalue weighted by Gasteiger charge is 2.41. The van der Waals surface area contributed by atoms with Gasteiger partial charge >= 0.3 is 0 Å². The first-order valence-electron chi connectivity index (χ1n) is 5.96. The molecule has 0 fully saturated rings. The van der Waals surface area contributed by atoms with Crippen LogP contribution in [-0.4, -0.2) is 44.8 Å². The molecule has 0 radical (unpaired) electrons. The van der Waals surface area contributed by atoms with Gasteiger partial charge in [0.15, 0.2) is 0 Å². The molecule has 0 unspecified atom stereocenters. The van der Waals surface area contributed by atoms with Crippen molar-refractivity contribution in [2.45, 2.75) is 57.3 Å². The van der Waals surface area contributed by atoms with E-state index in [0.29, 0.717) is 0 Å². The molecule has 0 spiro atoms. The van der Waals surface area contributed by atoms with E-state index in [1.54, 1.807) is 4.83 Å². The van der Waals surface area contributed by atoms with Crippen LogP contribution < -0.4 is 4.83 Å². The van der Waals surface area contributed by atoms with Gasteiger partial charge in [0.2, 0.25) is 30.1 Å². The average molecular weight is 350 g/mol. The van der Waals surface area contributed by atoms with Crippen LogP contribution in [-0.2, 0) is 30.1 Å². The van der Waals surface area contributed by atoms with E-state index in [1.807, 2.05) is 0 Å². The first kappa shape index (κ1) is 19.8. The van der Waals surface area contributed by atoms with Crippen LogP contribution >= 0.6 is 0 Å². The van der Waals surface area contributed by atoms with Crippen LogP contribution in [0.4, 0.5) is 0 Å². The van der Waals surface area contributed by atoms with E-state index in [2.05, 4.69) is 0 Å². The Balaban J connectivity index is 6.05. The fourth-order valence-corrected chi connectivity index (χ4v) is 5.67. The van der Waals surface area contributed by atoms with Crippen molar-refractivity contribution < 1.29 is 25.3 Å². The van der Waals surface area contributed by atoms with Gasteiger partial charge in [-0.15, -0.1) is 4.83 Å². The number of nitrogens with zero attached hydrogens (tertiary/aromatic N) is 1. The number of hydrazine groups is 1. The minimum absolute atomic E-state index is 0.120. The molecule has 0 aromatic carbocycles. The molecule has 0 amide bonds. The third-order valence-electron chi connectivity index (χ3n) is 2.48. The van der Waals surface area contributed by atoms with Crippen LogP contribution in [0.3, 0.4) is 0 Å².